The van der Waals surface area contributed by atoms with E-state index in [2.05, 4.69) is 84.1 Å². The van der Waals surface area contributed by atoms with Crippen LogP contribution >= 0.6 is 0 Å². The smallest absolute Gasteiger partial charge is 0.151 e. The van der Waals surface area contributed by atoms with Gasteiger partial charge in [-0.2, -0.15) is 0 Å². The summed E-state index contributed by atoms with van der Waals surface area (Å²) in [6, 6.07) is 9.56. The Bertz CT molecular complexity index is 1170. The van der Waals surface area contributed by atoms with Crippen LogP contribution in [0, 0.1) is 11.8 Å². The highest BCUT2D eigenvalue weighted by atomic mass is 16.5. The fraction of sp³-hybridized carbons (Fsp3) is 0.500. The number of benzene rings is 1. The van der Waals surface area contributed by atoms with Gasteiger partial charge in [0.2, 0.25) is 0 Å². The Morgan fingerprint density at radius 3 is 2.49 bits per heavy atom. The molecule has 0 bridgehead atoms. The van der Waals surface area contributed by atoms with Gasteiger partial charge < -0.3 is 20.1 Å². The first-order chi connectivity index (χ1) is 18.0. The average molecular weight is 500 g/mol. The molecule has 0 spiro atoms. The third-order valence-electron chi connectivity index (χ3n) is 8.92. The highest BCUT2D eigenvalue weighted by molar-refractivity contribution is 5.46. The number of nitrogens with zero attached hydrogens (tertiary/aromatic N) is 2. The molecule has 0 radical (unpaired) electrons. The van der Waals surface area contributed by atoms with E-state index in [9.17, 15) is 10.2 Å². The molecular weight excluding hydrogens is 458 g/mol. The highest BCUT2D eigenvalue weighted by Crippen LogP contribution is 2.48. The van der Waals surface area contributed by atoms with Gasteiger partial charge in [0.15, 0.2) is 6.29 Å². The summed E-state index contributed by atoms with van der Waals surface area (Å²) in [6.45, 7) is 3.35. The van der Waals surface area contributed by atoms with E-state index in [0.717, 1.165) is 37.3 Å². The molecule has 196 valence electrons. The molecule has 3 atom stereocenters. The topological polar surface area (TPSA) is 59.0 Å². The summed E-state index contributed by atoms with van der Waals surface area (Å²) in [5, 5.41) is 20.7. The molecule has 5 heteroatoms. The molecule has 6 rings (SSSR count). The van der Waals surface area contributed by atoms with Crippen LogP contribution < -0.4 is 5.43 Å². The van der Waals surface area contributed by atoms with Gasteiger partial charge in [-0.05, 0) is 86.1 Å². The minimum Gasteiger partial charge on any atom is -0.368 e. The number of hydrazine groups is 1. The van der Waals surface area contributed by atoms with Crippen LogP contribution in [0.3, 0.4) is 0 Å². The van der Waals surface area contributed by atoms with Crippen molar-refractivity contribution in [2.45, 2.75) is 76.7 Å². The van der Waals surface area contributed by atoms with Crippen molar-refractivity contribution in [1.29, 1.82) is 0 Å². The summed E-state index contributed by atoms with van der Waals surface area (Å²) in [6.07, 6.45) is 19.1. The summed E-state index contributed by atoms with van der Waals surface area (Å²) >= 11 is 0. The number of aliphatic hydroxyl groups excluding tert-OH is 1. The van der Waals surface area contributed by atoms with Gasteiger partial charge in [-0.1, -0.05) is 53.6 Å². The second-order valence-electron chi connectivity index (χ2n) is 11.7. The van der Waals surface area contributed by atoms with Crippen molar-refractivity contribution in [2.75, 3.05) is 13.6 Å². The molecule has 0 saturated heterocycles. The van der Waals surface area contributed by atoms with Gasteiger partial charge in [0, 0.05) is 43.9 Å². The van der Waals surface area contributed by atoms with Crippen LogP contribution in [0.25, 0.3) is 0 Å². The van der Waals surface area contributed by atoms with Crippen LogP contribution in [0.2, 0.25) is 0 Å². The van der Waals surface area contributed by atoms with E-state index in [1.165, 1.54) is 41.7 Å². The van der Waals surface area contributed by atoms with Crippen molar-refractivity contribution in [2.24, 2.45) is 11.8 Å². The minimum absolute atomic E-state index is 0.217. The van der Waals surface area contributed by atoms with E-state index < -0.39 is 6.29 Å². The number of aryl methyl sites for hydroxylation is 1. The second-order valence-corrected chi connectivity index (χ2v) is 11.7. The van der Waals surface area contributed by atoms with E-state index in [-0.39, 0.29) is 6.04 Å². The molecule has 3 aliphatic carbocycles. The van der Waals surface area contributed by atoms with Gasteiger partial charge in [-0.3, -0.25) is 0 Å². The molecule has 2 aliphatic heterocycles. The van der Waals surface area contributed by atoms with Gasteiger partial charge in [0.25, 0.3) is 0 Å². The maximum atomic E-state index is 9.29. The monoisotopic (exact) mass is 499 g/mol. The number of hydrogen-bond acceptors (Lipinski definition) is 5. The molecule has 5 aliphatic rings. The first-order valence-corrected chi connectivity index (χ1v) is 14.2. The highest BCUT2D eigenvalue weighted by Gasteiger charge is 2.38. The fourth-order valence-electron chi connectivity index (χ4n) is 6.77. The van der Waals surface area contributed by atoms with Gasteiger partial charge in [0.1, 0.15) is 0 Å². The molecule has 1 fully saturated rings. The first-order valence-electron chi connectivity index (χ1n) is 14.2. The molecule has 1 aromatic carbocycles. The molecule has 2 heterocycles. The van der Waals surface area contributed by atoms with Crippen LogP contribution in [0.4, 0.5) is 0 Å². The lowest BCUT2D eigenvalue weighted by atomic mass is 9.75. The quantitative estimate of drug-likeness (QED) is 0.445. The number of hydrogen-bond donors (Lipinski definition) is 3. The second kappa shape index (κ2) is 10.3. The largest absolute Gasteiger partial charge is 0.368 e. The Morgan fingerprint density at radius 1 is 1.03 bits per heavy atom. The summed E-state index contributed by atoms with van der Waals surface area (Å²) in [5.41, 5.74) is 13.6. The van der Waals surface area contributed by atoms with E-state index in [4.69, 9.17) is 0 Å². The van der Waals surface area contributed by atoms with Crippen LogP contribution in [0.15, 0.2) is 82.8 Å². The van der Waals surface area contributed by atoms with Crippen molar-refractivity contribution < 1.29 is 10.2 Å². The summed E-state index contributed by atoms with van der Waals surface area (Å²) < 4.78 is 0. The Balaban J connectivity index is 1.33. The predicted molar refractivity (Wildman–Crippen MR) is 148 cm³/mol. The summed E-state index contributed by atoms with van der Waals surface area (Å²) in [4.78, 5) is 2.71. The third-order valence-corrected chi connectivity index (χ3v) is 8.92. The van der Waals surface area contributed by atoms with E-state index >= 15 is 0 Å². The zero-order chi connectivity index (χ0) is 25.5. The number of nitrogens with one attached hydrogen (secondary N) is 1. The van der Waals surface area contributed by atoms with Crippen molar-refractivity contribution in [3.63, 3.8) is 0 Å². The molecule has 5 nitrogen and oxygen atoms in total. The Morgan fingerprint density at radius 2 is 1.84 bits per heavy atom. The van der Waals surface area contributed by atoms with Crippen molar-refractivity contribution >= 4 is 0 Å². The Labute approximate surface area is 221 Å². The SMILES string of the molecule is CC1CC2=C(C=CC(C3=CN(C)NC3)C2)C(c2ccc(CCC(O)O)cc2)N1C1=CC=C(C2CC2)CC1. The van der Waals surface area contributed by atoms with Crippen LogP contribution in [-0.4, -0.2) is 46.0 Å². The predicted octanol–water partition coefficient (Wildman–Crippen LogP) is 5.29. The van der Waals surface area contributed by atoms with Crippen molar-refractivity contribution in [1.82, 2.24) is 15.3 Å². The zero-order valence-electron chi connectivity index (χ0n) is 22.2. The Kier molecular flexibility index (Phi) is 6.87. The Hall–Kier alpha value is -2.60. The standard InChI is InChI=1S/C32H41N3O2/c1-21-17-27-18-26(28-19-33-34(2)20-28)12-15-30(27)32(25-6-3-22(4-7-25)5-16-31(36)37)35(21)29-13-10-24(11-14-29)23-8-9-23/h3-4,6-7,10,12-13,15,20-21,23,26,31-33,36-37H,5,8-9,11,14,16-19H2,1-2H3. The molecule has 0 amide bonds. The minimum atomic E-state index is -1.25. The van der Waals surface area contributed by atoms with Gasteiger partial charge in [-0.15, -0.1) is 0 Å². The van der Waals surface area contributed by atoms with Crippen molar-refractivity contribution in [3.05, 3.63) is 93.9 Å². The van der Waals surface area contributed by atoms with Crippen molar-refractivity contribution in [3.8, 4) is 0 Å². The molecule has 0 aromatic heterocycles. The molecule has 3 unspecified atom stereocenters. The summed E-state index contributed by atoms with van der Waals surface area (Å²) in [7, 11) is 2.08. The maximum absolute atomic E-state index is 9.29. The number of rotatable bonds is 7. The van der Waals surface area contributed by atoms with E-state index in [0.29, 0.717) is 24.8 Å². The maximum Gasteiger partial charge on any atom is 0.151 e. The van der Waals surface area contributed by atoms with E-state index in [1.807, 2.05) is 0 Å². The lowest BCUT2D eigenvalue weighted by Gasteiger charge is -2.47. The van der Waals surface area contributed by atoms with Crippen LogP contribution in [-0.2, 0) is 6.42 Å². The lowest BCUT2D eigenvalue weighted by Crippen LogP contribution is -2.41. The molecule has 1 saturated carbocycles. The van der Waals surface area contributed by atoms with Gasteiger partial charge in [0.05, 0.1) is 6.04 Å². The average Bonchev–Trinajstić information content (AvgIpc) is 3.66. The summed E-state index contributed by atoms with van der Waals surface area (Å²) in [5.74, 6) is 1.32. The number of allylic oxidation sites excluding steroid dienone is 5. The third kappa shape index (κ3) is 5.22. The molecule has 1 aromatic rings. The normalized spacial score (nSPS) is 27.9. The fourth-order valence-corrected chi connectivity index (χ4v) is 6.77. The van der Waals surface area contributed by atoms with E-state index in [1.54, 1.807) is 11.1 Å². The number of aliphatic hydroxyl groups is 2. The first kappa shape index (κ1) is 24.7. The molecule has 37 heavy (non-hydrogen) atoms. The molecule has 3 N–H and O–H groups in total. The molecular formula is C32H41N3O2. The van der Waals surface area contributed by atoms with Crippen LogP contribution in [0.5, 0.6) is 0 Å². The van der Waals surface area contributed by atoms with Gasteiger partial charge >= 0.3 is 0 Å². The van der Waals surface area contributed by atoms with Gasteiger partial charge in [-0.25, -0.2) is 5.43 Å². The van der Waals surface area contributed by atoms with Crippen LogP contribution in [0.1, 0.15) is 69.0 Å². The lowest BCUT2D eigenvalue weighted by molar-refractivity contribution is -0.0447. The zero-order valence-corrected chi connectivity index (χ0v) is 22.2.